The van der Waals surface area contributed by atoms with Crippen LogP contribution in [0.25, 0.3) is 17.0 Å². The maximum absolute atomic E-state index is 2.56. The van der Waals surface area contributed by atoms with Crippen molar-refractivity contribution in [2.45, 2.75) is 237 Å². The number of aryl methyl sites for hydroxylation is 1. The first-order valence-corrected chi connectivity index (χ1v) is 37.4. The molecule has 0 bridgehead atoms. The van der Waals surface area contributed by atoms with Gasteiger partial charge in [0.15, 0.2) is 0 Å². The van der Waals surface area contributed by atoms with Gasteiger partial charge in [-0.2, -0.15) is 0 Å². The quantitative estimate of drug-likeness (QED) is 0.150. The van der Waals surface area contributed by atoms with Crippen molar-refractivity contribution >= 4 is 34.0 Å². The first kappa shape index (κ1) is 75.4. The molecule has 8 heterocycles. The smallest absolute Gasteiger partial charge is 0.0482 e. The minimum atomic E-state index is 0.540. The minimum Gasteiger partial charge on any atom is -0.371 e. The largest absolute Gasteiger partial charge is 0.371 e. The highest BCUT2D eigenvalue weighted by atomic mass is 15.2. The topological polar surface area (TPSA) is 27.6 Å². The van der Waals surface area contributed by atoms with Gasteiger partial charge in [-0.1, -0.05) is 158 Å². The number of anilines is 3. The lowest BCUT2D eigenvalue weighted by Crippen LogP contribution is -2.35. The van der Waals surface area contributed by atoms with Crippen LogP contribution < -0.4 is 14.7 Å². The summed E-state index contributed by atoms with van der Waals surface area (Å²) in [4.78, 5) is 17.2. The van der Waals surface area contributed by atoms with Crippen molar-refractivity contribution in [1.82, 2.24) is 24.2 Å². The van der Waals surface area contributed by atoms with Gasteiger partial charge in [0, 0.05) is 135 Å². The van der Waals surface area contributed by atoms with Gasteiger partial charge in [-0.05, 0) is 261 Å². The number of para-hydroxylation sites is 4. The van der Waals surface area contributed by atoms with E-state index in [1.807, 2.05) is 0 Å². The van der Waals surface area contributed by atoms with Gasteiger partial charge < -0.3 is 29.1 Å². The fourth-order valence-corrected chi connectivity index (χ4v) is 14.1. The minimum absolute atomic E-state index is 0.540. The monoisotopic (exact) mass is 1300 g/mol. The van der Waals surface area contributed by atoms with Gasteiger partial charge in [0.25, 0.3) is 0 Å². The maximum atomic E-state index is 2.56. The molecule has 1 fully saturated rings. The zero-order chi connectivity index (χ0) is 69.4. The molecule has 0 amide bonds. The molecule has 8 heteroatoms. The third kappa shape index (κ3) is 22.1. The zero-order valence-corrected chi connectivity index (χ0v) is 62.8. The van der Waals surface area contributed by atoms with Crippen LogP contribution in [0.3, 0.4) is 0 Å². The Balaban J connectivity index is 0.000000142. The molecule has 0 saturated carbocycles. The molecule has 7 aliphatic heterocycles. The number of rotatable bonds is 8. The van der Waals surface area contributed by atoms with Gasteiger partial charge in [-0.25, -0.2) is 0 Å². The summed E-state index contributed by atoms with van der Waals surface area (Å²) in [6.07, 6.45) is 21.3. The van der Waals surface area contributed by atoms with Crippen LogP contribution in [0.5, 0.6) is 0 Å². The van der Waals surface area contributed by atoms with Crippen molar-refractivity contribution in [3.63, 3.8) is 0 Å². The molecule has 0 atom stereocenters. The first-order valence-electron chi connectivity index (χ1n) is 37.4. The number of hydrogen-bond acceptors (Lipinski definition) is 7. The summed E-state index contributed by atoms with van der Waals surface area (Å²) in [7, 11) is 0. The lowest BCUT2D eigenvalue weighted by atomic mass is 9.99. The lowest BCUT2D eigenvalue weighted by Gasteiger charge is -2.34. The molecule has 8 aromatic rings. The van der Waals surface area contributed by atoms with Gasteiger partial charge in [-0.15, -0.1) is 0 Å². The van der Waals surface area contributed by atoms with Gasteiger partial charge in [0.1, 0.15) is 0 Å². The summed E-state index contributed by atoms with van der Waals surface area (Å²) in [6, 6.07) is 67.9. The fraction of sp³-hybridized carbons (Fsp3) is 0.461. The number of nitrogens with zero attached hydrogens (tertiary/aromatic N) is 8. The average molecular weight is 1310 g/mol. The molecule has 8 nitrogen and oxygen atoms in total. The molecule has 520 valence electrons. The number of fused-ring (bicyclic) bond motifs is 7. The Kier molecular flexibility index (Phi) is 29.6. The van der Waals surface area contributed by atoms with E-state index in [-0.39, 0.29) is 0 Å². The van der Waals surface area contributed by atoms with E-state index in [0.29, 0.717) is 42.3 Å². The first-order chi connectivity index (χ1) is 46.8. The number of likely N-dealkylation sites (tertiary alicyclic amines) is 1. The predicted molar refractivity (Wildman–Crippen MR) is 422 cm³/mol. The molecule has 0 unspecified atom stereocenters. The Hall–Kier alpha value is -7.36. The molecular weight excluding hydrogens is 1180 g/mol. The highest BCUT2D eigenvalue weighted by Gasteiger charge is 2.23. The van der Waals surface area contributed by atoms with E-state index in [2.05, 4.69) is 356 Å². The van der Waals surface area contributed by atoms with Gasteiger partial charge in [0.2, 0.25) is 0 Å². The summed E-state index contributed by atoms with van der Waals surface area (Å²) >= 11 is 0. The molecule has 15 rings (SSSR count). The third-order valence-electron chi connectivity index (χ3n) is 20.1. The SMILES string of the molecule is CC(C)N1C=CCc2ccccc21.CC(C)N1C=Cc2ccccc2C1.CC(C)N1CCCCC1.CC(C)N1CCCc2ccccc21.CC(C)N1CCc2ccccc21.CC(C)N1CCc2ccccc2C1.CC(C)N1Cc2ccccc2C1.CC(C)n1ccc2ccccc21. The molecular formula is C89H124N8. The van der Waals surface area contributed by atoms with E-state index >= 15 is 0 Å². The van der Waals surface area contributed by atoms with Gasteiger partial charge in [0.05, 0.1) is 0 Å². The van der Waals surface area contributed by atoms with E-state index in [0.717, 1.165) is 38.6 Å². The lowest BCUT2D eigenvalue weighted by molar-refractivity contribution is 0.185. The van der Waals surface area contributed by atoms with Crippen LogP contribution >= 0.6 is 0 Å². The van der Waals surface area contributed by atoms with Crippen LogP contribution in [0.4, 0.5) is 17.1 Å². The second kappa shape index (κ2) is 38.1. The molecule has 0 spiro atoms. The van der Waals surface area contributed by atoms with E-state index in [9.17, 15) is 0 Å². The van der Waals surface area contributed by atoms with Crippen molar-refractivity contribution in [1.29, 1.82) is 0 Å². The number of benzene rings is 7. The van der Waals surface area contributed by atoms with Crippen LogP contribution in [0.2, 0.25) is 0 Å². The van der Waals surface area contributed by atoms with E-state index in [1.54, 1.807) is 5.56 Å². The summed E-state index contributed by atoms with van der Waals surface area (Å²) in [5.74, 6) is 0. The molecule has 97 heavy (non-hydrogen) atoms. The van der Waals surface area contributed by atoms with Crippen LogP contribution in [0.1, 0.15) is 193 Å². The van der Waals surface area contributed by atoms with Crippen molar-refractivity contribution in [2.24, 2.45) is 0 Å². The standard InChI is InChI=1S/C12H17N.C12H15N.C12H17N.C12H15N.2C11H15N.C11H13N.C8H17N/c2*1-10(2)13-9-5-7-11-6-3-4-8-12(11)13;2*1-10(2)13-8-7-11-5-3-4-6-12(11)9-13;1-9(2)12-7-10-5-3-4-6-11(10)8-12;2*1-9(2)12-8-7-10-5-3-4-6-11(10)12;1-8(2)9-6-4-3-5-7-9/h3-4,6,8,10H,5,7,9H2,1-2H3;3-6,8-10H,7H2,1-2H3;3-6,10H,7-9H2,1-2H3;3-8,10H,9H2,1-2H3;2*3-6,9H,7-8H2,1-2H3;3-9H,1-2H3;8H,3-7H2,1-2H3. The Morgan fingerprint density at radius 1 is 0.299 bits per heavy atom. The van der Waals surface area contributed by atoms with Crippen molar-refractivity contribution in [2.75, 3.05) is 47.4 Å². The second-order valence-corrected chi connectivity index (χ2v) is 29.6. The number of allylic oxidation sites excluding steroid dienone is 1. The molecule has 1 saturated heterocycles. The Morgan fingerprint density at radius 2 is 0.773 bits per heavy atom. The van der Waals surface area contributed by atoms with Crippen molar-refractivity contribution in [3.05, 3.63) is 251 Å². The second-order valence-electron chi connectivity index (χ2n) is 29.6. The highest BCUT2D eigenvalue weighted by Crippen LogP contribution is 2.32. The van der Waals surface area contributed by atoms with Crippen LogP contribution in [0.15, 0.2) is 201 Å². The van der Waals surface area contributed by atoms with Crippen molar-refractivity contribution < 1.29 is 0 Å². The normalized spacial score (nSPS) is 16.0. The summed E-state index contributed by atoms with van der Waals surface area (Å²) in [6.45, 7) is 46.7. The maximum Gasteiger partial charge on any atom is 0.0482 e. The van der Waals surface area contributed by atoms with Gasteiger partial charge in [-0.3, -0.25) is 9.80 Å². The summed E-state index contributed by atoms with van der Waals surface area (Å²) in [5.41, 5.74) is 18.9. The number of piperidine rings is 1. The molecule has 7 aromatic carbocycles. The fourth-order valence-electron chi connectivity index (χ4n) is 14.1. The van der Waals surface area contributed by atoms with E-state index < -0.39 is 0 Å². The van der Waals surface area contributed by atoms with E-state index in [4.69, 9.17) is 0 Å². The molecule has 0 aliphatic carbocycles. The summed E-state index contributed by atoms with van der Waals surface area (Å²) < 4.78 is 2.29. The Bertz CT molecular complexity index is 3620. The van der Waals surface area contributed by atoms with Crippen LogP contribution in [0, 0.1) is 0 Å². The zero-order valence-electron chi connectivity index (χ0n) is 62.8. The van der Waals surface area contributed by atoms with Crippen LogP contribution in [-0.4, -0.2) is 99.2 Å². The predicted octanol–water partition coefficient (Wildman–Crippen LogP) is 21.1. The third-order valence-corrected chi connectivity index (χ3v) is 20.1. The Labute approximate surface area is 589 Å². The number of hydrogen-bond donors (Lipinski definition) is 0. The molecule has 7 aliphatic rings. The van der Waals surface area contributed by atoms with Gasteiger partial charge >= 0.3 is 0 Å². The number of aromatic nitrogens is 1. The molecule has 0 radical (unpaired) electrons. The van der Waals surface area contributed by atoms with Crippen LogP contribution in [-0.2, 0) is 51.9 Å². The average Bonchev–Trinajstić information content (AvgIpc) is 1.79. The Morgan fingerprint density at radius 3 is 1.33 bits per heavy atom. The molecule has 1 aromatic heterocycles. The van der Waals surface area contributed by atoms with E-state index in [1.165, 1.54) is 150 Å². The molecule has 0 N–H and O–H groups in total. The van der Waals surface area contributed by atoms with Crippen molar-refractivity contribution in [3.8, 4) is 0 Å². The highest BCUT2D eigenvalue weighted by molar-refractivity contribution is 5.80. The summed E-state index contributed by atoms with van der Waals surface area (Å²) in [5, 5.41) is 1.33.